The van der Waals surface area contributed by atoms with Crippen molar-refractivity contribution in [2.75, 3.05) is 6.61 Å². The molecule has 0 aromatic rings. The van der Waals surface area contributed by atoms with Crippen molar-refractivity contribution in [1.29, 1.82) is 0 Å². The van der Waals surface area contributed by atoms with Crippen molar-refractivity contribution >= 4 is 5.78 Å². The Labute approximate surface area is 295 Å². The molecule has 0 fully saturated rings. The number of ketones is 1. The minimum atomic E-state index is -5.22. The van der Waals surface area contributed by atoms with Crippen molar-refractivity contribution < 1.29 is 62.6 Å². The van der Waals surface area contributed by atoms with Gasteiger partial charge in [0.2, 0.25) is 0 Å². The Hall–Kier alpha value is -2.25. The number of halogens is 12. The van der Waals surface area contributed by atoms with Crippen LogP contribution in [0.4, 0.5) is 52.7 Å². The zero-order chi connectivity index (χ0) is 39.6. The van der Waals surface area contributed by atoms with Gasteiger partial charge in [-0.1, -0.05) is 113 Å². The van der Waals surface area contributed by atoms with Crippen LogP contribution in [0.1, 0.15) is 136 Å². The van der Waals surface area contributed by atoms with E-state index in [1.54, 1.807) is 12.2 Å². The fourth-order valence-corrected chi connectivity index (χ4v) is 5.13. The van der Waals surface area contributed by atoms with E-state index in [2.05, 4.69) is 0 Å². The first-order valence-electron chi connectivity index (χ1n) is 17.6. The van der Waals surface area contributed by atoms with Gasteiger partial charge in [-0.2, -0.15) is 52.7 Å². The first-order valence-corrected chi connectivity index (χ1v) is 17.6. The Morgan fingerprint density at radius 1 is 0.490 bits per heavy atom. The number of hydrogen-bond donors (Lipinski definition) is 1. The molecular weight excluding hydrogens is 704 g/mol. The fourth-order valence-electron chi connectivity index (χ4n) is 5.13. The molecule has 51 heavy (non-hydrogen) atoms. The Morgan fingerprint density at radius 3 is 1.08 bits per heavy atom. The lowest BCUT2D eigenvalue weighted by atomic mass is 9.99. The lowest BCUT2D eigenvalue weighted by molar-refractivity contribution is -0.287. The molecule has 300 valence electrons. The lowest BCUT2D eigenvalue weighted by Crippen LogP contribution is -2.36. The molecule has 0 aliphatic heterocycles. The molecule has 0 unspecified atom stereocenters. The predicted octanol–water partition coefficient (Wildman–Crippen LogP) is 14.1. The van der Waals surface area contributed by atoms with Crippen LogP contribution in [0.15, 0.2) is 47.6 Å². The number of unbranched alkanes of at least 4 members (excludes halogenated alkanes) is 14. The summed E-state index contributed by atoms with van der Waals surface area (Å²) in [4.78, 5) is 10.8. The second-order valence-corrected chi connectivity index (χ2v) is 12.8. The fraction of sp³-hybridized carbons (Fsp3) is 0.757. The van der Waals surface area contributed by atoms with E-state index < -0.39 is 49.4 Å². The molecule has 0 saturated heterocycles. The molecule has 0 spiro atoms. The minimum absolute atomic E-state index is 0.00365. The summed E-state index contributed by atoms with van der Waals surface area (Å²) in [5.74, 6) is -6.40. The van der Waals surface area contributed by atoms with Gasteiger partial charge in [-0.3, -0.25) is 4.79 Å². The molecule has 0 rings (SSSR count). The third-order valence-electron chi connectivity index (χ3n) is 7.91. The number of allylic oxidation sites excluding steroid dienone is 7. The number of carbonyl (C=O) groups is 1. The first kappa shape index (κ1) is 50.9. The van der Waals surface area contributed by atoms with E-state index in [-0.39, 0.29) is 25.2 Å². The molecule has 0 amide bonds. The van der Waals surface area contributed by atoms with Crippen LogP contribution < -0.4 is 0 Å². The summed E-state index contributed by atoms with van der Waals surface area (Å²) in [6.07, 6.45) is -0.344. The third kappa shape index (κ3) is 31.0. The normalized spacial score (nSPS) is 13.9. The predicted molar refractivity (Wildman–Crippen MR) is 178 cm³/mol. The van der Waals surface area contributed by atoms with Crippen molar-refractivity contribution in [2.45, 2.75) is 161 Å². The van der Waals surface area contributed by atoms with Crippen LogP contribution in [0.3, 0.4) is 0 Å². The van der Waals surface area contributed by atoms with Gasteiger partial charge in [0.25, 0.3) is 0 Å². The van der Waals surface area contributed by atoms with E-state index in [0.717, 1.165) is 75.4 Å². The number of rotatable bonds is 24. The van der Waals surface area contributed by atoms with Crippen molar-refractivity contribution in [3.05, 3.63) is 47.6 Å². The largest absolute Gasteiger partial charge is 0.400 e. The molecule has 2 nitrogen and oxygen atoms in total. The van der Waals surface area contributed by atoms with Crippen LogP contribution in [-0.4, -0.2) is 42.2 Å². The molecule has 0 heterocycles. The van der Waals surface area contributed by atoms with Crippen LogP contribution in [0.5, 0.6) is 0 Å². The molecule has 0 bridgehead atoms. The highest BCUT2D eigenvalue weighted by atomic mass is 19.4. The summed E-state index contributed by atoms with van der Waals surface area (Å²) in [5.41, 5.74) is 1.90. The van der Waals surface area contributed by atoms with Gasteiger partial charge in [0, 0.05) is 0 Å². The second-order valence-electron chi connectivity index (χ2n) is 12.8. The van der Waals surface area contributed by atoms with E-state index in [0.29, 0.717) is 25.7 Å². The number of aliphatic hydroxyl groups excluding tert-OH is 1. The van der Waals surface area contributed by atoms with Gasteiger partial charge >= 0.3 is 24.7 Å². The van der Waals surface area contributed by atoms with Gasteiger partial charge in [-0.05, 0) is 70.9 Å². The van der Waals surface area contributed by atoms with Gasteiger partial charge in [-0.15, -0.1) is 0 Å². The van der Waals surface area contributed by atoms with E-state index in [4.69, 9.17) is 5.11 Å². The van der Waals surface area contributed by atoms with Crippen LogP contribution in [0, 0.1) is 11.8 Å². The van der Waals surface area contributed by atoms with Crippen molar-refractivity contribution in [3.8, 4) is 0 Å². The van der Waals surface area contributed by atoms with Crippen LogP contribution >= 0.6 is 0 Å². The Bertz CT molecular complexity index is 989. The zero-order valence-corrected chi connectivity index (χ0v) is 29.9. The van der Waals surface area contributed by atoms with Crippen LogP contribution in [0.25, 0.3) is 0 Å². The Balaban J connectivity index is 0. The highest BCUT2D eigenvalue weighted by Crippen LogP contribution is 2.43. The van der Waals surface area contributed by atoms with Crippen molar-refractivity contribution in [1.82, 2.24) is 0 Å². The van der Waals surface area contributed by atoms with Crippen molar-refractivity contribution in [3.63, 3.8) is 0 Å². The van der Waals surface area contributed by atoms with E-state index in [1.165, 1.54) is 6.92 Å². The first-order chi connectivity index (χ1) is 23.5. The number of aliphatic hydroxyl groups is 1. The zero-order valence-electron chi connectivity index (χ0n) is 29.9. The maximum Gasteiger partial charge on any atom is 0.400 e. The van der Waals surface area contributed by atoms with E-state index >= 15 is 0 Å². The lowest BCUT2D eigenvalue weighted by Gasteiger charge is -2.22. The maximum atomic E-state index is 12.4. The summed E-state index contributed by atoms with van der Waals surface area (Å²) in [5, 5.41) is 8.69. The monoisotopic (exact) mass is 760 g/mol. The SMILES string of the molecule is CC(/C=C/CCCCCCCCCC(C(F)(F)F)C(F)(F)F)=C\CO.CC(=O)/C=C(C)/C=C/CCCCCCCCCC(C(F)(F)F)C(F)(F)F. The highest BCUT2D eigenvalue weighted by Gasteiger charge is 2.56. The number of hydrogen-bond acceptors (Lipinski definition) is 2. The van der Waals surface area contributed by atoms with Crippen LogP contribution in [0.2, 0.25) is 0 Å². The summed E-state index contributed by atoms with van der Waals surface area (Å²) >= 11 is 0. The Morgan fingerprint density at radius 2 is 0.784 bits per heavy atom. The standard InChI is InChI=1S/C19H28F6O.C18H28F6O/c1-15(14-16(2)26)12-10-8-6-4-3-5-7-9-11-13-17(18(20,21)22)19(23,24)25;1-15(13-14-25)11-9-7-5-3-2-4-6-8-10-12-16(17(19,20)21)18(22,23)24/h10,12,14,17H,3-9,11,13H2,1-2H3;9,11,13,16,25H,2-8,10,12,14H2,1H3/b12-10+,15-14+;11-9+,15-13+. The third-order valence-corrected chi connectivity index (χ3v) is 7.91. The highest BCUT2D eigenvalue weighted by molar-refractivity contribution is 5.88. The summed E-state index contributed by atoms with van der Waals surface area (Å²) in [6, 6.07) is 0. The molecule has 14 heteroatoms. The van der Waals surface area contributed by atoms with Gasteiger partial charge < -0.3 is 5.11 Å². The molecule has 0 aromatic heterocycles. The quantitative estimate of drug-likeness (QED) is 0.0460. The smallest absolute Gasteiger partial charge is 0.392 e. The molecule has 0 atom stereocenters. The molecule has 0 aliphatic carbocycles. The average Bonchev–Trinajstić information content (AvgIpc) is 2.95. The second kappa shape index (κ2) is 27.4. The van der Waals surface area contributed by atoms with Gasteiger partial charge in [-0.25, -0.2) is 0 Å². The summed E-state index contributed by atoms with van der Waals surface area (Å²) in [7, 11) is 0. The number of alkyl halides is 12. The maximum absolute atomic E-state index is 12.4. The van der Waals surface area contributed by atoms with E-state index in [1.807, 2.05) is 38.2 Å². The molecule has 0 aliphatic rings. The van der Waals surface area contributed by atoms with Gasteiger partial charge in [0.1, 0.15) is 0 Å². The summed E-state index contributed by atoms with van der Waals surface area (Å²) < 4.78 is 148. The van der Waals surface area contributed by atoms with E-state index in [9.17, 15) is 57.5 Å². The van der Waals surface area contributed by atoms with Gasteiger partial charge in [0.15, 0.2) is 17.6 Å². The topological polar surface area (TPSA) is 37.3 Å². The molecule has 0 saturated carbocycles. The molecule has 1 N–H and O–H groups in total. The number of carbonyl (C=O) groups excluding carboxylic acids is 1. The summed E-state index contributed by atoms with van der Waals surface area (Å²) in [6.45, 7) is 5.25. The van der Waals surface area contributed by atoms with Crippen LogP contribution in [-0.2, 0) is 4.79 Å². The minimum Gasteiger partial charge on any atom is -0.392 e. The average molecular weight is 761 g/mol. The molecular formula is C37H56F12O2. The molecule has 0 radical (unpaired) electrons. The van der Waals surface area contributed by atoms with Crippen molar-refractivity contribution in [2.24, 2.45) is 11.8 Å². The molecule has 0 aromatic carbocycles. The van der Waals surface area contributed by atoms with Gasteiger partial charge in [0.05, 0.1) is 6.61 Å². The Kier molecular flexibility index (Phi) is 27.3.